The van der Waals surface area contributed by atoms with E-state index in [-0.39, 0.29) is 11.3 Å². The van der Waals surface area contributed by atoms with E-state index in [2.05, 4.69) is 54.0 Å². The van der Waals surface area contributed by atoms with E-state index < -0.39 is 11.4 Å². The minimum absolute atomic E-state index is 0.0317. The van der Waals surface area contributed by atoms with E-state index in [1.807, 2.05) is 6.92 Å². The first kappa shape index (κ1) is 21.3. The molecule has 3 atom stereocenters. The quantitative estimate of drug-likeness (QED) is 0.497. The van der Waals surface area contributed by atoms with E-state index >= 15 is 0 Å². The summed E-state index contributed by atoms with van der Waals surface area (Å²) in [5.41, 5.74) is 8.92. The van der Waals surface area contributed by atoms with E-state index in [1.54, 1.807) is 0 Å². The number of nitrogens with two attached hydrogens (primary N) is 1. The van der Waals surface area contributed by atoms with Crippen molar-refractivity contribution in [3.8, 4) is 0 Å². The Morgan fingerprint density at radius 3 is 2.71 bits per heavy atom. The second kappa shape index (κ2) is 7.79. The van der Waals surface area contributed by atoms with Gasteiger partial charge in [0, 0.05) is 16.6 Å². The summed E-state index contributed by atoms with van der Waals surface area (Å²) in [5.74, 6) is -0.380. The molecule has 1 saturated carbocycles. The average molecular weight is 451 g/mol. The van der Waals surface area contributed by atoms with Crippen molar-refractivity contribution in [3.05, 3.63) is 33.3 Å². The molecule has 3 rings (SSSR count). The molecule has 0 bridgehead atoms. The van der Waals surface area contributed by atoms with Gasteiger partial charge in [-0.25, -0.2) is 0 Å². The summed E-state index contributed by atoms with van der Waals surface area (Å²) >= 11 is 3.75. The monoisotopic (exact) mass is 450 g/mol. The van der Waals surface area contributed by atoms with Crippen LogP contribution in [-0.4, -0.2) is 29.9 Å². The van der Waals surface area contributed by atoms with Crippen molar-refractivity contribution in [2.24, 2.45) is 22.2 Å². The van der Waals surface area contributed by atoms with Gasteiger partial charge in [-0.2, -0.15) is 0 Å². The van der Waals surface area contributed by atoms with Crippen molar-refractivity contribution in [1.29, 1.82) is 0 Å². The predicted octanol–water partition coefficient (Wildman–Crippen LogP) is 4.80. The molecule has 0 spiro atoms. The first-order valence-corrected chi connectivity index (χ1v) is 10.9. The fourth-order valence-corrected chi connectivity index (χ4v) is 6.01. The van der Waals surface area contributed by atoms with Crippen LogP contribution in [0.15, 0.2) is 21.8 Å². The number of carboxylic acids is 1. The molecule has 0 unspecified atom stereocenters. The summed E-state index contributed by atoms with van der Waals surface area (Å²) in [4.78, 5) is 17.7. The maximum atomic E-state index is 12.3. The average Bonchev–Trinajstić information content (AvgIpc) is 2.62. The van der Waals surface area contributed by atoms with Crippen LogP contribution in [-0.2, 0) is 15.0 Å². The highest BCUT2D eigenvalue weighted by Gasteiger charge is 2.56. The number of carboxylic acid groups (broad SMARTS) is 1. The molecular weight excluding hydrogens is 420 g/mol. The van der Waals surface area contributed by atoms with Gasteiger partial charge in [0.05, 0.1) is 11.1 Å². The number of hydrogen-bond donors (Lipinski definition) is 2. The predicted molar refractivity (Wildman–Crippen MR) is 115 cm³/mol. The normalized spacial score (nSPS) is 30.8. The van der Waals surface area contributed by atoms with E-state index in [0.717, 1.165) is 28.6 Å². The molecule has 0 saturated heterocycles. The number of nitrogens with zero attached hydrogens (tertiary/aromatic N) is 1. The second-order valence-electron chi connectivity index (χ2n) is 8.98. The Balaban J connectivity index is 2.21. The molecule has 2 aliphatic carbocycles. The molecule has 1 aromatic carbocycles. The van der Waals surface area contributed by atoms with Gasteiger partial charge < -0.3 is 15.7 Å². The molecule has 3 N–H and O–H groups in total. The topological polar surface area (TPSA) is 84.9 Å². The molecule has 0 amide bonds. The summed E-state index contributed by atoms with van der Waals surface area (Å²) in [7, 11) is 0. The fraction of sp³-hybridized carbons (Fsp3) is 0.636. The lowest BCUT2D eigenvalue weighted by Crippen LogP contribution is -2.53. The van der Waals surface area contributed by atoms with E-state index in [4.69, 9.17) is 10.6 Å². The molecular formula is C22H31BrN2O3. The van der Waals surface area contributed by atoms with E-state index in [9.17, 15) is 9.90 Å². The SMILES string of the molecule is CC(C)c1cc2c(cc1Br)[C@@]1(C)CCC[C@@](C)(C(=O)O)[C@@H]1C/C2=N\OCCN. The van der Waals surface area contributed by atoms with Gasteiger partial charge in [0.2, 0.25) is 0 Å². The van der Waals surface area contributed by atoms with E-state index in [1.165, 1.54) is 11.1 Å². The smallest absolute Gasteiger partial charge is 0.309 e. The van der Waals surface area contributed by atoms with Gasteiger partial charge in [-0.3, -0.25) is 4.79 Å². The minimum Gasteiger partial charge on any atom is -0.481 e. The van der Waals surface area contributed by atoms with Crippen LogP contribution in [0.5, 0.6) is 0 Å². The van der Waals surface area contributed by atoms with Crippen LogP contribution in [0.4, 0.5) is 0 Å². The van der Waals surface area contributed by atoms with Crippen molar-refractivity contribution in [2.75, 3.05) is 13.2 Å². The first-order chi connectivity index (χ1) is 13.1. The number of carbonyl (C=O) groups is 1. The van der Waals surface area contributed by atoms with Gasteiger partial charge in [0.25, 0.3) is 0 Å². The Morgan fingerprint density at radius 1 is 1.39 bits per heavy atom. The van der Waals surface area contributed by atoms with Crippen molar-refractivity contribution >= 4 is 27.6 Å². The number of halogens is 1. The standard InChI is InChI=1S/C22H31BrN2O3/c1-13(2)14-10-15-16(11-17(14)23)21(3)6-5-7-22(4,20(26)27)19(21)12-18(15)25-28-9-8-24/h10-11,13,19H,5-9,12,24H2,1-4H3,(H,26,27)/b25-18+/t19-,21-,22-/m1/s1. The Hall–Kier alpha value is -1.40. The van der Waals surface area contributed by atoms with Crippen LogP contribution in [0.3, 0.4) is 0 Å². The number of rotatable bonds is 5. The Labute approximate surface area is 175 Å². The highest BCUT2D eigenvalue weighted by Crippen LogP contribution is 2.58. The fourth-order valence-electron chi connectivity index (χ4n) is 5.21. The molecule has 2 aliphatic rings. The third-order valence-electron chi connectivity index (χ3n) is 6.89. The third kappa shape index (κ3) is 3.39. The van der Waals surface area contributed by atoms with Gasteiger partial charge in [-0.15, -0.1) is 0 Å². The van der Waals surface area contributed by atoms with Crippen molar-refractivity contribution < 1.29 is 14.7 Å². The number of oxime groups is 1. The summed E-state index contributed by atoms with van der Waals surface area (Å²) in [5, 5.41) is 14.5. The second-order valence-corrected chi connectivity index (χ2v) is 9.84. The molecule has 0 heterocycles. The van der Waals surface area contributed by atoms with Crippen LogP contribution in [0.2, 0.25) is 0 Å². The lowest BCUT2D eigenvalue weighted by Gasteiger charge is -2.53. The number of hydrogen-bond acceptors (Lipinski definition) is 4. The van der Waals surface area contributed by atoms with Gasteiger partial charge in [-0.05, 0) is 66.7 Å². The molecule has 0 radical (unpaired) electrons. The van der Waals surface area contributed by atoms with Gasteiger partial charge >= 0.3 is 5.97 Å². The molecule has 0 aromatic heterocycles. The zero-order valence-electron chi connectivity index (χ0n) is 17.2. The van der Waals surface area contributed by atoms with Crippen LogP contribution < -0.4 is 5.73 Å². The molecule has 28 heavy (non-hydrogen) atoms. The summed E-state index contributed by atoms with van der Waals surface area (Å²) in [6.07, 6.45) is 3.20. The maximum Gasteiger partial charge on any atom is 0.309 e. The summed E-state index contributed by atoms with van der Waals surface area (Å²) in [6.45, 7) is 9.22. The summed E-state index contributed by atoms with van der Waals surface area (Å²) in [6, 6.07) is 4.41. The highest BCUT2D eigenvalue weighted by molar-refractivity contribution is 9.10. The van der Waals surface area contributed by atoms with Crippen LogP contribution >= 0.6 is 15.9 Å². The van der Waals surface area contributed by atoms with Crippen LogP contribution in [0.1, 0.15) is 76.0 Å². The molecule has 5 nitrogen and oxygen atoms in total. The van der Waals surface area contributed by atoms with Crippen LogP contribution in [0.25, 0.3) is 0 Å². The highest BCUT2D eigenvalue weighted by atomic mass is 79.9. The number of fused-ring (bicyclic) bond motifs is 3. The molecule has 0 aliphatic heterocycles. The largest absolute Gasteiger partial charge is 0.481 e. The molecule has 1 aromatic rings. The third-order valence-corrected chi connectivity index (χ3v) is 7.57. The van der Waals surface area contributed by atoms with Gasteiger partial charge in [0.1, 0.15) is 6.61 Å². The number of aliphatic carboxylic acids is 1. The molecule has 1 fully saturated rings. The van der Waals surface area contributed by atoms with Gasteiger partial charge in [-0.1, -0.05) is 48.3 Å². The van der Waals surface area contributed by atoms with Crippen LogP contribution in [0, 0.1) is 11.3 Å². The minimum atomic E-state index is -0.775. The lowest BCUT2D eigenvalue weighted by molar-refractivity contribution is -0.156. The zero-order valence-corrected chi connectivity index (χ0v) is 18.8. The lowest BCUT2D eigenvalue weighted by atomic mass is 9.49. The summed E-state index contributed by atoms with van der Waals surface area (Å²) < 4.78 is 1.08. The Kier molecular flexibility index (Phi) is 5.93. The number of benzene rings is 1. The Morgan fingerprint density at radius 2 is 2.11 bits per heavy atom. The zero-order chi connectivity index (χ0) is 20.7. The Bertz CT molecular complexity index is 807. The van der Waals surface area contributed by atoms with E-state index in [0.29, 0.717) is 31.9 Å². The van der Waals surface area contributed by atoms with Gasteiger partial charge in [0.15, 0.2) is 0 Å². The van der Waals surface area contributed by atoms with Crippen molar-refractivity contribution in [2.45, 2.75) is 64.7 Å². The van der Waals surface area contributed by atoms with Crippen molar-refractivity contribution in [3.63, 3.8) is 0 Å². The molecule has 6 heteroatoms. The molecule has 154 valence electrons. The maximum absolute atomic E-state index is 12.3. The first-order valence-electron chi connectivity index (χ1n) is 10.1. The van der Waals surface area contributed by atoms with Crippen molar-refractivity contribution in [1.82, 2.24) is 0 Å².